The SMILES string of the molecule is COc1ccc(C(=O)Oc2ccc(C(=O)/C=C/c3ccc(OC)cc3OC)cc2)cc1. The van der Waals surface area contributed by atoms with Gasteiger partial charge in [-0.15, -0.1) is 0 Å². The molecule has 0 atom stereocenters. The highest BCUT2D eigenvalue weighted by molar-refractivity contribution is 6.07. The smallest absolute Gasteiger partial charge is 0.343 e. The number of hydrogen-bond acceptors (Lipinski definition) is 6. The van der Waals surface area contributed by atoms with Gasteiger partial charge in [-0.05, 0) is 72.8 Å². The molecule has 6 heteroatoms. The van der Waals surface area contributed by atoms with Gasteiger partial charge in [-0.3, -0.25) is 4.79 Å². The van der Waals surface area contributed by atoms with E-state index in [2.05, 4.69) is 0 Å². The van der Waals surface area contributed by atoms with Crippen molar-refractivity contribution in [1.29, 1.82) is 0 Å². The highest BCUT2D eigenvalue weighted by Crippen LogP contribution is 2.26. The van der Waals surface area contributed by atoms with Crippen LogP contribution < -0.4 is 18.9 Å². The summed E-state index contributed by atoms with van der Waals surface area (Å²) in [6.07, 6.45) is 3.14. The molecule has 0 unspecified atom stereocenters. The summed E-state index contributed by atoms with van der Waals surface area (Å²) in [5.41, 5.74) is 1.62. The second-order valence-corrected chi connectivity index (χ2v) is 6.45. The van der Waals surface area contributed by atoms with Crippen molar-refractivity contribution in [1.82, 2.24) is 0 Å². The van der Waals surface area contributed by atoms with Crippen molar-refractivity contribution < 1.29 is 28.5 Å². The van der Waals surface area contributed by atoms with Crippen molar-refractivity contribution in [3.63, 3.8) is 0 Å². The average molecular weight is 418 g/mol. The molecule has 0 spiro atoms. The van der Waals surface area contributed by atoms with Gasteiger partial charge in [0.05, 0.1) is 26.9 Å². The van der Waals surface area contributed by atoms with Gasteiger partial charge in [-0.1, -0.05) is 0 Å². The van der Waals surface area contributed by atoms with E-state index < -0.39 is 5.97 Å². The highest BCUT2D eigenvalue weighted by atomic mass is 16.5. The molecule has 0 aliphatic heterocycles. The molecule has 0 aliphatic carbocycles. The molecular formula is C25H22O6. The number of allylic oxidation sites excluding steroid dienone is 1. The van der Waals surface area contributed by atoms with Gasteiger partial charge in [0, 0.05) is 17.2 Å². The van der Waals surface area contributed by atoms with Crippen molar-refractivity contribution >= 4 is 17.8 Å². The van der Waals surface area contributed by atoms with Gasteiger partial charge in [0.25, 0.3) is 0 Å². The Morgan fingerprint density at radius 1 is 0.677 bits per heavy atom. The Bertz CT molecular complexity index is 1080. The van der Waals surface area contributed by atoms with E-state index in [-0.39, 0.29) is 5.78 Å². The highest BCUT2D eigenvalue weighted by Gasteiger charge is 2.10. The molecular weight excluding hydrogens is 396 g/mol. The van der Waals surface area contributed by atoms with Gasteiger partial charge < -0.3 is 18.9 Å². The summed E-state index contributed by atoms with van der Waals surface area (Å²) in [5, 5.41) is 0. The molecule has 0 saturated heterocycles. The number of methoxy groups -OCH3 is 3. The number of hydrogen-bond donors (Lipinski definition) is 0. The van der Waals surface area contributed by atoms with Crippen molar-refractivity contribution in [2.45, 2.75) is 0 Å². The average Bonchev–Trinajstić information content (AvgIpc) is 2.82. The molecule has 0 heterocycles. The van der Waals surface area contributed by atoms with E-state index in [9.17, 15) is 9.59 Å². The van der Waals surface area contributed by atoms with Crippen LogP contribution in [0.2, 0.25) is 0 Å². The van der Waals surface area contributed by atoms with Gasteiger partial charge in [-0.2, -0.15) is 0 Å². The van der Waals surface area contributed by atoms with Gasteiger partial charge in [0.1, 0.15) is 23.0 Å². The third-order valence-electron chi connectivity index (χ3n) is 4.53. The van der Waals surface area contributed by atoms with E-state index in [0.717, 1.165) is 5.56 Å². The summed E-state index contributed by atoms with van der Waals surface area (Å²) in [5.74, 6) is 1.58. The topological polar surface area (TPSA) is 71.1 Å². The third-order valence-corrected chi connectivity index (χ3v) is 4.53. The minimum Gasteiger partial charge on any atom is -0.497 e. The molecule has 3 rings (SSSR count). The Hall–Kier alpha value is -4.06. The first-order chi connectivity index (χ1) is 15.0. The lowest BCUT2D eigenvalue weighted by Gasteiger charge is -2.07. The van der Waals surface area contributed by atoms with Crippen LogP contribution >= 0.6 is 0 Å². The van der Waals surface area contributed by atoms with Crippen LogP contribution in [-0.2, 0) is 0 Å². The number of rotatable bonds is 8. The Morgan fingerprint density at radius 2 is 1.26 bits per heavy atom. The van der Waals surface area contributed by atoms with Gasteiger partial charge in [-0.25, -0.2) is 4.79 Å². The maximum absolute atomic E-state index is 12.5. The number of ether oxygens (including phenoxy) is 4. The van der Waals surface area contributed by atoms with Crippen LogP contribution in [0.1, 0.15) is 26.3 Å². The lowest BCUT2D eigenvalue weighted by molar-refractivity contribution is 0.0734. The van der Waals surface area contributed by atoms with E-state index in [1.165, 1.54) is 6.08 Å². The molecule has 0 radical (unpaired) electrons. The molecule has 0 amide bonds. The molecule has 31 heavy (non-hydrogen) atoms. The Balaban J connectivity index is 1.66. The molecule has 0 aromatic heterocycles. The van der Waals surface area contributed by atoms with Crippen LogP contribution in [0.3, 0.4) is 0 Å². The van der Waals surface area contributed by atoms with Crippen LogP contribution in [0.25, 0.3) is 6.08 Å². The van der Waals surface area contributed by atoms with Gasteiger partial charge >= 0.3 is 5.97 Å². The Labute approximate surface area is 180 Å². The summed E-state index contributed by atoms with van der Waals surface area (Å²) in [4.78, 5) is 24.7. The molecule has 0 N–H and O–H groups in total. The first-order valence-electron chi connectivity index (χ1n) is 9.45. The predicted octanol–water partition coefficient (Wildman–Crippen LogP) is 4.83. The molecule has 3 aromatic rings. The summed E-state index contributed by atoms with van der Waals surface area (Å²) in [6.45, 7) is 0. The predicted molar refractivity (Wildman–Crippen MR) is 117 cm³/mol. The fourth-order valence-electron chi connectivity index (χ4n) is 2.80. The molecule has 0 saturated carbocycles. The van der Waals surface area contributed by atoms with Crippen LogP contribution in [0.15, 0.2) is 72.8 Å². The zero-order chi connectivity index (χ0) is 22.2. The van der Waals surface area contributed by atoms with E-state index in [1.54, 1.807) is 88.1 Å². The van der Waals surface area contributed by atoms with Gasteiger partial charge in [0.2, 0.25) is 0 Å². The molecule has 158 valence electrons. The van der Waals surface area contributed by atoms with Crippen molar-refractivity contribution in [2.24, 2.45) is 0 Å². The minimum atomic E-state index is -0.492. The zero-order valence-corrected chi connectivity index (χ0v) is 17.5. The molecule has 0 aliphatic rings. The first kappa shape index (κ1) is 21.6. The van der Waals surface area contributed by atoms with Crippen molar-refractivity contribution in [3.05, 3.63) is 89.5 Å². The second kappa shape index (κ2) is 10.1. The first-order valence-corrected chi connectivity index (χ1v) is 9.45. The largest absolute Gasteiger partial charge is 0.497 e. The number of carbonyl (C=O) groups excluding carboxylic acids is 2. The van der Waals surface area contributed by atoms with Crippen LogP contribution in [-0.4, -0.2) is 33.1 Å². The Morgan fingerprint density at radius 3 is 1.87 bits per heavy atom. The number of benzene rings is 3. The normalized spacial score (nSPS) is 10.5. The maximum atomic E-state index is 12.5. The zero-order valence-electron chi connectivity index (χ0n) is 17.5. The fraction of sp³-hybridized carbons (Fsp3) is 0.120. The van der Waals surface area contributed by atoms with Crippen LogP contribution in [0, 0.1) is 0 Å². The van der Waals surface area contributed by atoms with Crippen LogP contribution in [0.4, 0.5) is 0 Å². The molecule has 0 fully saturated rings. The quantitative estimate of drug-likeness (QED) is 0.226. The van der Waals surface area contributed by atoms with E-state index >= 15 is 0 Å². The fourth-order valence-corrected chi connectivity index (χ4v) is 2.80. The number of carbonyl (C=O) groups is 2. The molecule has 6 nitrogen and oxygen atoms in total. The minimum absolute atomic E-state index is 0.189. The van der Waals surface area contributed by atoms with Crippen LogP contribution in [0.5, 0.6) is 23.0 Å². The standard InChI is InChI=1S/C25H22O6/c1-28-20-10-7-19(8-11-20)25(27)31-21-12-4-17(5-13-21)23(26)15-9-18-6-14-22(29-2)16-24(18)30-3/h4-16H,1-3H3/b15-9+. The maximum Gasteiger partial charge on any atom is 0.343 e. The monoisotopic (exact) mass is 418 g/mol. The summed E-state index contributed by atoms with van der Waals surface area (Å²) < 4.78 is 20.9. The third kappa shape index (κ3) is 5.51. The number of ketones is 1. The Kier molecular flexibility index (Phi) is 7.06. The summed E-state index contributed by atoms with van der Waals surface area (Å²) >= 11 is 0. The lowest BCUT2D eigenvalue weighted by atomic mass is 10.1. The summed E-state index contributed by atoms with van der Waals surface area (Å²) in [6, 6.07) is 18.3. The van der Waals surface area contributed by atoms with Gasteiger partial charge in [0.15, 0.2) is 5.78 Å². The number of esters is 1. The molecule has 0 bridgehead atoms. The van der Waals surface area contributed by atoms with Crippen molar-refractivity contribution in [2.75, 3.05) is 21.3 Å². The second-order valence-electron chi connectivity index (χ2n) is 6.45. The van der Waals surface area contributed by atoms with Crippen molar-refractivity contribution in [3.8, 4) is 23.0 Å². The van der Waals surface area contributed by atoms with E-state index in [4.69, 9.17) is 18.9 Å². The molecule has 3 aromatic carbocycles. The summed E-state index contributed by atoms with van der Waals surface area (Å²) in [7, 11) is 4.69. The van der Waals surface area contributed by atoms with E-state index in [0.29, 0.717) is 34.1 Å². The van der Waals surface area contributed by atoms with E-state index in [1.807, 2.05) is 6.07 Å². The lowest BCUT2D eigenvalue weighted by Crippen LogP contribution is -2.08.